The van der Waals surface area contributed by atoms with Crippen molar-refractivity contribution in [2.24, 2.45) is 10.7 Å². The first-order valence-corrected chi connectivity index (χ1v) is 10.0. The summed E-state index contributed by atoms with van der Waals surface area (Å²) in [4.78, 5) is 4.44. The van der Waals surface area contributed by atoms with Gasteiger partial charge in [0.25, 0.3) is 0 Å². The van der Waals surface area contributed by atoms with Crippen molar-refractivity contribution in [2.75, 3.05) is 31.7 Å². The molecule has 4 rings (SSSR count). The van der Waals surface area contributed by atoms with Gasteiger partial charge in [0.1, 0.15) is 6.10 Å². The van der Waals surface area contributed by atoms with Crippen LogP contribution in [-0.2, 0) is 9.47 Å². The summed E-state index contributed by atoms with van der Waals surface area (Å²) in [6.45, 7) is 2.40. The number of guanidine groups is 1. The molecule has 2 aliphatic heterocycles. The molecule has 0 aromatic heterocycles. The molecule has 1 saturated carbocycles. The molecule has 0 amide bonds. The molecule has 1 atom stereocenters. The minimum atomic E-state index is -0.382. The lowest BCUT2D eigenvalue weighted by atomic mass is 10.1. The second-order valence-electron chi connectivity index (χ2n) is 7.44. The van der Waals surface area contributed by atoms with Crippen LogP contribution in [0.1, 0.15) is 44.9 Å². The van der Waals surface area contributed by atoms with E-state index in [1.54, 1.807) is 0 Å². The number of nitrogens with one attached hydrogen (secondary N) is 1. The highest BCUT2D eigenvalue weighted by molar-refractivity contribution is 5.92. The Labute approximate surface area is 160 Å². The van der Waals surface area contributed by atoms with Crippen LogP contribution in [0.25, 0.3) is 0 Å². The van der Waals surface area contributed by atoms with E-state index < -0.39 is 0 Å². The third-order valence-electron chi connectivity index (χ3n) is 5.26. The number of nitrogens with zero attached hydrogens (tertiary/aromatic N) is 1. The van der Waals surface area contributed by atoms with E-state index in [0.29, 0.717) is 32.3 Å². The summed E-state index contributed by atoms with van der Waals surface area (Å²) in [6, 6.07) is 5.68. The lowest BCUT2D eigenvalue weighted by Crippen LogP contribution is -2.31. The third-order valence-corrected chi connectivity index (χ3v) is 5.26. The molecule has 7 heteroatoms. The average Bonchev–Trinajstić information content (AvgIpc) is 2.82. The monoisotopic (exact) mass is 375 g/mol. The molecule has 1 saturated heterocycles. The van der Waals surface area contributed by atoms with Crippen molar-refractivity contribution >= 4 is 11.6 Å². The van der Waals surface area contributed by atoms with Gasteiger partial charge in [0.05, 0.1) is 26.4 Å². The molecule has 1 aromatic carbocycles. The van der Waals surface area contributed by atoms with Gasteiger partial charge >= 0.3 is 0 Å². The van der Waals surface area contributed by atoms with Gasteiger partial charge in [0, 0.05) is 31.0 Å². The van der Waals surface area contributed by atoms with Gasteiger partial charge in [-0.3, -0.25) is 4.99 Å². The summed E-state index contributed by atoms with van der Waals surface area (Å²) < 4.78 is 23.6. The molecule has 3 N–H and O–H groups in total. The molecule has 3 aliphatic rings. The summed E-state index contributed by atoms with van der Waals surface area (Å²) in [5.41, 5.74) is 6.88. The van der Waals surface area contributed by atoms with Gasteiger partial charge in [-0.1, -0.05) is 12.8 Å². The molecule has 2 fully saturated rings. The normalized spacial score (nSPS) is 25.0. The van der Waals surface area contributed by atoms with E-state index in [1.165, 1.54) is 25.7 Å². The fraction of sp³-hybridized carbons (Fsp3) is 0.650. The van der Waals surface area contributed by atoms with Crippen molar-refractivity contribution in [1.29, 1.82) is 0 Å². The highest BCUT2D eigenvalue weighted by Crippen LogP contribution is 2.37. The minimum absolute atomic E-state index is 0.0350. The number of hydrogen-bond acceptors (Lipinski definition) is 5. The molecule has 2 heterocycles. The number of hydrogen-bond donors (Lipinski definition) is 2. The van der Waals surface area contributed by atoms with Gasteiger partial charge in [0.15, 0.2) is 23.2 Å². The Balaban J connectivity index is 1.32. The van der Waals surface area contributed by atoms with Gasteiger partial charge in [0.2, 0.25) is 0 Å². The summed E-state index contributed by atoms with van der Waals surface area (Å²) in [5, 5.41) is 3.11. The molecule has 0 bridgehead atoms. The van der Waals surface area contributed by atoms with Crippen LogP contribution in [0.2, 0.25) is 0 Å². The van der Waals surface area contributed by atoms with E-state index in [0.717, 1.165) is 36.4 Å². The molecule has 1 aliphatic carbocycles. The van der Waals surface area contributed by atoms with E-state index in [2.05, 4.69) is 10.3 Å². The van der Waals surface area contributed by atoms with Crippen molar-refractivity contribution in [3.8, 4) is 11.5 Å². The molecule has 1 spiro atoms. The molecule has 7 nitrogen and oxygen atoms in total. The average molecular weight is 375 g/mol. The fourth-order valence-electron chi connectivity index (χ4n) is 3.86. The predicted molar refractivity (Wildman–Crippen MR) is 103 cm³/mol. The summed E-state index contributed by atoms with van der Waals surface area (Å²) in [5.74, 6) is 1.47. The van der Waals surface area contributed by atoms with Gasteiger partial charge in [-0.25, -0.2) is 0 Å². The highest BCUT2D eigenvalue weighted by Gasteiger charge is 2.41. The van der Waals surface area contributed by atoms with E-state index in [1.807, 2.05) is 18.2 Å². The van der Waals surface area contributed by atoms with Crippen LogP contribution in [0.4, 0.5) is 5.69 Å². The van der Waals surface area contributed by atoms with Crippen LogP contribution < -0.4 is 20.5 Å². The Hall–Kier alpha value is -1.99. The zero-order chi connectivity index (χ0) is 18.5. The molecule has 0 radical (unpaired) electrons. The van der Waals surface area contributed by atoms with Gasteiger partial charge < -0.3 is 30.0 Å². The second-order valence-corrected chi connectivity index (χ2v) is 7.44. The lowest BCUT2D eigenvalue weighted by molar-refractivity contribution is -0.174. The summed E-state index contributed by atoms with van der Waals surface area (Å²) in [6.07, 6.45) is 7.69. The molecule has 1 aromatic rings. The lowest BCUT2D eigenvalue weighted by Gasteiger charge is -2.26. The smallest absolute Gasteiger partial charge is 0.193 e. The Morgan fingerprint density at radius 1 is 1.07 bits per heavy atom. The highest BCUT2D eigenvalue weighted by atomic mass is 16.7. The maximum absolute atomic E-state index is 6.21. The quantitative estimate of drug-likeness (QED) is 0.624. The number of anilines is 1. The maximum atomic E-state index is 6.21. The zero-order valence-corrected chi connectivity index (χ0v) is 15.7. The van der Waals surface area contributed by atoms with E-state index in [-0.39, 0.29) is 11.9 Å². The number of ether oxygens (including phenoxy) is 4. The van der Waals surface area contributed by atoms with Crippen molar-refractivity contribution in [3.05, 3.63) is 18.2 Å². The topological polar surface area (TPSA) is 87.3 Å². The van der Waals surface area contributed by atoms with Crippen molar-refractivity contribution < 1.29 is 18.9 Å². The van der Waals surface area contributed by atoms with Crippen LogP contribution in [0.5, 0.6) is 11.5 Å². The SMILES string of the molecule is NC(=NCC1COC2(CCCCCC2)O1)Nc1ccc2c(c1)OCCCO2. The first kappa shape index (κ1) is 18.4. The first-order valence-electron chi connectivity index (χ1n) is 10.0. The minimum Gasteiger partial charge on any atom is -0.490 e. The largest absolute Gasteiger partial charge is 0.490 e. The summed E-state index contributed by atoms with van der Waals surface area (Å²) in [7, 11) is 0. The second kappa shape index (κ2) is 8.35. The van der Waals surface area contributed by atoms with Crippen LogP contribution in [0, 0.1) is 0 Å². The van der Waals surface area contributed by atoms with E-state index in [9.17, 15) is 0 Å². The van der Waals surface area contributed by atoms with Crippen LogP contribution in [-0.4, -0.2) is 44.2 Å². The molecule has 1 unspecified atom stereocenters. The fourth-order valence-corrected chi connectivity index (χ4v) is 3.86. The number of aliphatic imine (C=N–C) groups is 1. The zero-order valence-electron chi connectivity index (χ0n) is 15.7. The predicted octanol–water partition coefficient (Wildman–Crippen LogP) is 3.04. The number of benzene rings is 1. The number of rotatable bonds is 3. The first-order chi connectivity index (χ1) is 13.2. The number of fused-ring (bicyclic) bond motifs is 1. The van der Waals surface area contributed by atoms with Crippen LogP contribution in [0.15, 0.2) is 23.2 Å². The molecular weight excluding hydrogens is 346 g/mol. The van der Waals surface area contributed by atoms with Crippen molar-refractivity contribution in [3.63, 3.8) is 0 Å². The van der Waals surface area contributed by atoms with Crippen LogP contribution in [0.3, 0.4) is 0 Å². The Kier molecular flexibility index (Phi) is 5.69. The standard InChI is InChI=1S/C20H29N3O4/c21-19(23-15-6-7-17-18(12-15)25-11-5-10-24-17)22-13-16-14-26-20(27-16)8-3-1-2-4-9-20/h6-7,12,16H,1-5,8-11,13-14H2,(H3,21,22,23). The maximum Gasteiger partial charge on any atom is 0.193 e. The van der Waals surface area contributed by atoms with Crippen molar-refractivity contribution in [2.45, 2.75) is 56.8 Å². The Morgan fingerprint density at radius 3 is 2.67 bits per heavy atom. The Morgan fingerprint density at radius 2 is 1.85 bits per heavy atom. The molecule has 27 heavy (non-hydrogen) atoms. The Bertz CT molecular complexity index is 671. The number of nitrogens with two attached hydrogens (primary N) is 1. The van der Waals surface area contributed by atoms with Crippen molar-refractivity contribution in [1.82, 2.24) is 0 Å². The summed E-state index contributed by atoms with van der Waals surface area (Å²) >= 11 is 0. The molecular formula is C20H29N3O4. The molecule has 148 valence electrons. The van der Waals surface area contributed by atoms with Gasteiger partial charge in [-0.05, 0) is 25.0 Å². The van der Waals surface area contributed by atoms with Gasteiger partial charge in [-0.2, -0.15) is 0 Å². The van der Waals surface area contributed by atoms with E-state index >= 15 is 0 Å². The van der Waals surface area contributed by atoms with Crippen LogP contribution >= 0.6 is 0 Å². The van der Waals surface area contributed by atoms with E-state index in [4.69, 9.17) is 24.7 Å². The third kappa shape index (κ3) is 4.65. The van der Waals surface area contributed by atoms with Gasteiger partial charge in [-0.15, -0.1) is 0 Å².